The molecule has 2 aliphatic carbocycles. The molecule has 0 amide bonds. The number of nitrogens with zero attached hydrogens (tertiary/aromatic N) is 1. The van der Waals surface area contributed by atoms with Gasteiger partial charge in [-0.1, -0.05) is 97.9 Å². The Morgan fingerprint density at radius 3 is 1.67 bits per heavy atom. The summed E-state index contributed by atoms with van der Waals surface area (Å²) in [6.45, 7) is 24.1. The number of para-hydroxylation sites is 2. The van der Waals surface area contributed by atoms with Crippen molar-refractivity contribution in [3.8, 4) is 22.3 Å². The second-order valence-corrected chi connectivity index (χ2v) is 16.5. The van der Waals surface area contributed by atoms with Crippen molar-refractivity contribution in [2.75, 3.05) is 10.6 Å². The molecule has 46 heavy (non-hydrogen) atoms. The van der Waals surface area contributed by atoms with Gasteiger partial charge in [0.2, 0.25) is 0 Å². The molecule has 2 nitrogen and oxygen atoms in total. The average molecular weight is 601 g/mol. The fourth-order valence-corrected chi connectivity index (χ4v) is 10.1. The third kappa shape index (κ3) is 2.96. The number of nitrogen functional groups attached to an aromatic ring is 1. The highest BCUT2D eigenvalue weighted by atomic mass is 15.2. The number of anilines is 4. The molecule has 230 valence electrons. The standard InChI is InChI=1S/C44H44N2/c1-23-24(2)37-27-21-33-35(22-32(27)44(9,10)39(37)38-36(23)26-19-18-25(45)20-31(26)43(38,7)8)46-34-17-12-11-14-28(34)41(3,4)29-15-13-16-30(40(29)46)42(33,5)6/h11-22H,45H2,1-10H3. The summed E-state index contributed by atoms with van der Waals surface area (Å²) in [6, 6.07) is 27.8. The van der Waals surface area contributed by atoms with Gasteiger partial charge >= 0.3 is 0 Å². The lowest BCUT2D eigenvalue weighted by molar-refractivity contribution is 0.592. The van der Waals surface area contributed by atoms with Gasteiger partial charge in [-0.05, 0) is 122 Å². The van der Waals surface area contributed by atoms with Gasteiger partial charge in [0.05, 0.1) is 17.1 Å². The van der Waals surface area contributed by atoms with E-state index in [-0.39, 0.29) is 21.7 Å². The molecule has 0 spiro atoms. The first-order valence-electron chi connectivity index (χ1n) is 16.9. The van der Waals surface area contributed by atoms with E-state index >= 15 is 0 Å². The number of hydrogen-bond acceptors (Lipinski definition) is 2. The summed E-state index contributed by atoms with van der Waals surface area (Å²) in [6.07, 6.45) is 0. The predicted molar refractivity (Wildman–Crippen MR) is 194 cm³/mol. The summed E-state index contributed by atoms with van der Waals surface area (Å²) in [7, 11) is 0. The Labute approximate surface area is 274 Å². The molecule has 4 aliphatic rings. The maximum absolute atomic E-state index is 6.41. The maximum Gasteiger partial charge on any atom is 0.0543 e. The summed E-state index contributed by atoms with van der Waals surface area (Å²) < 4.78 is 0. The third-order valence-electron chi connectivity index (χ3n) is 12.7. The zero-order valence-corrected chi connectivity index (χ0v) is 29.0. The topological polar surface area (TPSA) is 29.3 Å². The van der Waals surface area contributed by atoms with Crippen molar-refractivity contribution in [3.63, 3.8) is 0 Å². The van der Waals surface area contributed by atoms with Crippen LogP contribution < -0.4 is 10.6 Å². The van der Waals surface area contributed by atoms with E-state index in [4.69, 9.17) is 5.73 Å². The van der Waals surface area contributed by atoms with Crippen LogP contribution in [0.4, 0.5) is 22.7 Å². The fourth-order valence-electron chi connectivity index (χ4n) is 10.1. The van der Waals surface area contributed by atoms with Gasteiger partial charge in [0.1, 0.15) is 0 Å². The van der Waals surface area contributed by atoms with Crippen molar-refractivity contribution in [1.29, 1.82) is 0 Å². The van der Waals surface area contributed by atoms with Gasteiger partial charge in [-0.3, -0.25) is 0 Å². The molecule has 5 aromatic rings. The minimum Gasteiger partial charge on any atom is -0.399 e. The Kier molecular flexibility index (Phi) is 4.96. The average Bonchev–Trinajstić information content (AvgIpc) is 3.37. The van der Waals surface area contributed by atoms with Crippen LogP contribution >= 0.6 is 0 Å². The molecule has 0 saturated carbocycles. The molecule has 0 aromatic heterocycles. The van der Waals surface area contributed by atoms with Crippen molar-refractivity contribution >= 4 is 22.7 Å². The summed E-state index contributed by atoms with van der Waals surface area (Å²) in [5.41, 5.74) is 30.5. The van der Waals surface area contributed by atoms with Gasteiger partial charge in [0.15, 0.2) is 0 Å². The van der Waals surface area contributed by atoms with Crippen LogP contribution in [0.2, 0.25) is 0 Å². The van der Waals surface area contributed by atoms with Crippen molar-refractivity contribution in [1.82, 2.24) is 0 Å². The second-order valence-electron chi connectivity index (χ2n) is 16.5. The highest BCUT2D eigenvalue weighted by Gasteiger charge is 2.50. The first-order valence-corrected chi connectivity index (χ1v) is 16.9. The number of rotatable bonds is 0. The molecule has 2 heterocycles. The number of fused-ring (bicyclic) bond motifs is 11. The van der Waals surface area contributed by atoms with E-state index in [9.17, 15) is 0 Å². The van der Waals surface area contributed by atoms with Crippen LogP contribution in [0.5, 0.6) is 0 Å². The molecule has 2 aliphatic heterocycles. The molecule has 5 aromatic carbocycles. The van der Waals surface area contributed by atoms with Gasteiger partial charge in [-0.25, -0.2) is 0 Å². The van der Waals surface area contributed by atoms with Crippen molar-refractivity contribution in [2.24, 2.45) is 0 Å². The van der Waals surface area contributed by atoms with Crippen molar-refractivity contribution in [2.45, 2.75) is 90.9 Å². The molecule has 0 bridgehead atoms. The molecule has 0 atom stereocenters. The highest BCUT2D eigenvalue weighted by Crippen LogP contribution is 2.65. The van der Waals surface area contributed by atoms with Crippen LogP contribution in [-0.4, -0.2) is 0 Å². The maximum atomic E-state index is 6.41. The normalized spacial score (nSPS) is 19.0. The van der Waals surface area contributed by atoms with Gasteiger partial charge in [-0.2, -0.15) is 0 Å². The Morgan fingerprint density at radius 2 is 1.02 bits per heavy atom. The van der Waals surface area contributed by atoms with Crippen LogP contribution in [0.25, 0.3) is 22.3 Å². The number of nitrogens with two attached hydrogens (primary N) is 1. The largest absolute Gasteiger partial charge is 0.399 e. The van der Waals surface area contributed by atoms with E-state index in [0.717, 1.165) is 5.69 Å². The fraction of sp³-hybridized carbons (Fsp3) is 0.318. The Balaban J connectivity index is 1.38. The predicted octanol–water partition coefficient (Wildman–Crippen LogP) is 11.2. The van der Waals surface area contributed by atoms with Crippen LogP contribution in [0, 0.1) is 13.8 Å². The number of hydrogen-bond donors (Lipinski definition) is 1. The van der Waals surface area contributed by atoms with E-state index in [0.29, 0.717) is 0 Å². The van der Waals surface area contributed by atoms with Gasteiger partial charge < -0.3 is 10.6 Å². The summed E-state index contributed by atoms with van der Waals surface area (Å²) in [5, 5.41) is 0. The monoisotopic (exact) mass is 600 g/mol. The minimum absolute atomic E-state index is 0.0859. The highest BCUT2D eigenvalue weighted by molar-refractivity contribution is 5.99. The first-order chi connectivity index (χ1) is 21.6. The quantitative estimate of drug-likeness (QED) is 0.179. The lowest BCUT2D eigenvalue weighted by atomic mass is 9.66. The summed E-state index contributed by atoms with van der Waals surface area (Å²) >= 11 is 0. The summed E-state index contributed by atoms with van der Waals surface area (Å²) in [5.74, 6) is 0. The molecule has 0 saturated heterocycles. The van der Waals surface area contributed by atoms with Crippen LogP contribution in [-0.2, 0) is 21.7 Å². The number of benzene rings is 5. The molecular formula is C44H44N2. The summed E-state index contributed by atoms with van der Waals surface area (Å²) in [4.78, 5) is 2.61. The van der Waals surface area contributed by atoms with Gasteiger partial charge in [0, 0.05) is 27.3 Å². The Morgan fingerprint density at radius 1 is 0.478 bits per heavy atom. The lowest BCUT2D eigenvalue weighted by Crippen LogP contribution is -2.38. The molecule has 0 unspecified atom stereocenters. The van der Waals surface area contributed by atoms with E-state index in [1.807, 2.05) is 0 Å². The third-order valence-corrected chi connectivity index (χ3v) is 12.7. The van der Waals surface area contributed by atoms with Crippen LogP contribution in [0.1, 0.15) is 111 Å². The zero-order chi connectivity index (χ0) is 32.5. The van der Waals surface area contributed by atoms with Gasteiger partial charge in [-0.15, -0.1) is 0 Å². The molecular weight excluding hydrogens is 556 g/mol. The smallest absolute Gasteiger partial charge is 0.0543 e. The van der Waals surface area contributed by atoms with Crippen molar-refractivity contribution in [3.05, 3.63) is 128 Å². The van der Waals surface area contributed by atoms with Gasteiger partial charge in [0.25, 0.3) is 0 Å². The minimum atomic E-state index is -0.175. The Hall–Kier alpha value is -4.30. The SMILES string of the molecule is Cc1c(C)c2c(c3c1-c1ccc(N)cc1C3(C)C)C(C)(C)c1cc3c(cc1-2)C(C)(C)c1cccc2c1N3c1ccccc1C2(C)C. The molecule has 0 fully saturated rings. The second kappa shape index (κ2) is 8.15. The van der Waals surface area contributed by atoms with E-state index < -0.39 is 0 Å². The first kappa shape index (κ1) is 28.0. The zero-order valence-electron chi connectivity index (χ0n) is 29.0. The Bertz CT molecular complexity index is 2240. The van der Waals surface area contributed by atoms with Crippen molar-refractivity contribution < 1.29 is 0 Å². The van der Waals surface area contributed by atoms with E-state index in [1.165, 1.54) is 95.0 Å². The molecule has 2 N–H and O–H groups in total. The van der Waals surface area contributed by atoms with Crippen LogP contribution in [0.3, 0.4) is 0 Å². The van der Waals surface area contributed by atoms with Crippen LogP contribution in [0.15, 0.2) is 72.8 Å². The molecule has 0 radical (unpaired) electrons. The van der Waals surface area contributed by atoms with E-state index in [2.05, 4.69) is 147 Å². The molecule has 2 heteroatoms. The molecule has 9 rings (SSSR count). The lowest BCUT2D eigenvalue weighted by Gasteiger charge is -2.49. The van der Waals surface area contributed by atoms with E-state index in [1.54, 1.807) is 0 Å².